The number of furan rings is 1. The first-order valence-corrected chi connectivity index (χ1v) is 10.6. The molecule has 9 nitrogen and oxygen atoms in total. The lowest BCUT2D eigenvalue weighted by atomic mass is 10.0. The molecule has 168 valence electrons. The van der Waals surface area contributed by atoms with E-state index in [1.165, 1.54) is 10.9 Å². The van der Waals surface area contributed by atoms with Gasteiger partial charge < -0.3 is 13.7 Å². The first-order chi connectivity index (χ1) is 16.0. The van der Waals surface area contributed by atoms with Crippen LogP contribution in [-0.2, 0) is 36.6 Å². The molecule has 0 N–H and O–H groups in total. The van der Waals surface area contributed by atoms with Gasteiger partial charge in [-0.1, -0.05) is 30.3 Å². The fourth-order valence-electron chi connectivity index (χ4n) is 4.21. The predicted molar refractivity (Wildman–Crippen MR) is 123 cm³/mol. The van der Waals surface area contributed by atoms with E-state index in [0.29, 0.717) is 17.6 Å². The van der Waals surface area contributed by atoms with E-state index in [9.17, 15) is 14.4 Å². The minimum Gasteiger partial charge on any atom is -0.465 e. The normalized spacial score (nSPS) is 11.6. The van der Waals surface area contributed by atoms with Crippen molar-refractivity contribution in [3.05, 3.63) is 75.4 Å². The lowest BCUT2D eigenvalue weighted by Crippen LogP contribution is -2.39. The van der Waals surface area contributed by atoms with E-state index >= 15 is 0 Å². The highest BCUT2D eigenvalue weighted by Crippen LogP contribution is 2.30. The molecular weight excluding hydrogens is 424 g/mol. The van der Waals surface area contributed by atoms with E-state index in [0.717, 1.165) is 31.9 Å². The molecule has 0 bridgehead atoms. The molecule has 0 aliphatic carbocycles. The minimum absolute atomic E-state index is 0.0731. The Kier molecular flexibility index (Phi) is 5.08. The Morgan fingerprint density at radius 1 is 1.12 bits per heavy atom. The van der Waals surface area contributed by atoms with Crippen molar-refractivity contribution in [3.63, 3.8) is 0 Å². The van der Waals surface area contributed by atoms with Crippen LogP contribution in [0.1, 0.15) is 12.0 Å². The second-order valence-electron chi connectivity index (χ2n) is 8.00. The van der Waals surface area contributed by atoms with Gasteiger partial charge in [0.25, 0.3) is 5.56 Å². The molecule has 5 rings (SSSR count). The molecule has 2 aromatic carbocycles. The largest absolute Gasteiger partial charge is 0.465 e. The molecule has 3 aromatic heterocycles. The van der Waals surface area contributed by atoms with Crippen LogP contribution in [0.3, 0.4) is 0 Å². The monoisotopic (exact) mass is 446 g/mol. The van der Waals surface area contributed by atoms with Gasteiger partial charge in [0.05, 0.1) is 25.6 Å². The molecule has 33 heavy (non-hydrogen) atoms. The van der Waals surface area contributed by atoms with Gasteiger partial charge in [-0.05, 0) is 23.3 Å². The SMILES string of the molecule is Cn1cnc2c1c(=O)n(CCCOC(=O)Cc1coc3ccc4ccccc4c13)c(=O)n2C. The Morgan fingerprint density at radius 2 is 1.94 bits per heavy atom. The summed E-state index contributed by atoms with van der Waals surface area (Å²) in [6, 6.07) is 11.8. The van der Waals surface area contributed by atoms with Crippen LogP contribution in [0.25, 0.3) is 32.9 Å². The summed E-state index contributed by atoms with van der Waals surface area (Å²) in [7, 11) is 3.28. The molecular formula is C24H22N4O5. The van der Waals surface area contributed by atoms with E-state index in [2.05, 4.69) is 4.98 Å². The zero-order valence-electron chi connectivity index (χ0n) is 18.3. The first-order valence-electron chi connectivity index (χ1n) is 10.6. The molecule has 3 heterocycles. The summed E-state index contributed by atoms with van der Waals surface area (Å²) >= 11 is 0. The van der Waals surface area contributed by atoms with Crippen molar-refractivity contribution in [2.24, 2.45) is 14.1 Å². The Balaban J connectivity index is 1.27. The molecule has 0 aliphatic heterocycles. The average Bonchev–Trinajstić information content (AvgIpc) is 3.41. The summed E-state index contributed by atoms with van der Waals surface area (Å²) in [4.78, 5) is 41.8. The number of rotatable bonds is 6. The van der Waals surface area contributed by atoms with Gasteiger partial charge in [-0.2, -0.15) is 0 Å². The summed E-state index contributed by atoms with van der Waals surface area (Å²) in [5.74, 6) is -0.395. The number of esters is 1. The lowest BCUT2D eigenvalue weighted by molar-refractivity contribution is -0.142. The molecule has 0 saturated heterocycles. The van der Waals surface area contributed by atoms with Crippen molar-refractivity contribution in [2.75, 3.05) is 6.61 Å². The Hall–Kier alpha value is -4.14. The van der Waals surface area contributed by atoms with Gasteiger partial charge in [-0.25, -0.2) is 9.78 Å². The topological polar surface area (TPSA) is 101 Å². The van der Waals surface area contributed by atoms with Crippen LogP contribution in [0.15, 0.2) is 63.0 Å². The van der Waals surface area contributed by atoms with Gasteiger partial charge in [-0.3, -0.25) is 18.7 Å². The molecule has 0 unspecified atom stereocenters. The smallest absolute Gasteiger partial charge is 0.332 e. The summed E-state index contributed by atoms with van der Waals surface area (Å²) in [5, 5.41) is 3.00. The van der Waals surface area contributed by atoms with E-state index < -0.39 is 17.2 Å². The number of fused-ring (bicyclic) bond motifs is 4. The Bertz CT molecular complexity index is 1640. The number of nitrogens with zero attached hydrogens (tertiary/aromatic N) is 4. The molecule has 0 spiro atoms. The van der Waals surface area contributed by atoms with Crippen molar-refractivity contribution in [1.29, 1.82) is 0 Å². The fourth-order valence-corrected chi connectivity index (χ4v) is 4.21. The van der Waals surface area contributed by atoms with E-state index in [4.69, 9.17) is 9.15 Å². The van der Waals surface area contributed by atoms with Crippen molar-refractivity contribution < 1.29 is 13.9 Å². The number of imidazole rings is 1. The van der Waals surface area contributed by atoms with Gasteiger partial charge in [-0.15, -0.1) is 0 Å². The minimum atomic E-state index is -0.450. The number of carbonyl (C=O) groups excluding carboxylic acids is 1. The van der Waals surface area contributed by atoms with Crippen molar-refractivity contribution >= 4 is 38.9 Å². The van der Waals surface area contributed by atoms with E-state index in [-0.39, 0.29) is 19.6 Å². The number of hydrogen-bond acceptors (Lipinski definition) is 6. The number of aromatic nitrogens is 4. The van der Waals surface area contributed by atoms with Crippen LogP contribution in [0.2, 0.25) is 0 Å². The zero-order valence-corrected chi connectivity index (χ0v) is 18.3. The third kappa shape index (κ3) is 3.51. The van der Waals surface area contributed by atoms with Crippen LogP contribution in [0, 0.1) is 0 Å². The third-order valence-corrected chi connectivity index (χ3v) is 5.86. The van der Waals surface area contributed by atoms with Crippen LogP contribution >= 0.6 is 0 Å². The van der Waals surface area contributed by atoms with Crippen LogP contribution in [-0.4, -0.2) is 31.3 Å². The lowest BCUT2D eigenvalue weighted by Gasteiger charge is -2.09. The van der Waals surface area contributed by atoms with Crippen molar-refractivity contribution in [2.45, 2.75) is 19.4 Å². The van der Waals surface area contributed by atoms with Crippen LogP contribution < -0.4 is 11.2 Å². The van der Waals surface area contributed by atoms with E-state index in [1.807, 2.05) is 36.4 Å². The van der Waals surface area contributed by atoms with Gasteiger partial charge in [0.2, 0.25) is 0 Å². The van der Waals surface area contributed by atoms with Gasteiger partial charge in [0, 0.05) is 31.6 Å². The van der Waals surface area contributed by atoms with Crippen molar-refractivity contribution in [3.8, 4) is 0 Å². The Morgan fingerprint density at radius 3 is 2.79 bits per heavy atom. The highest BCUT2D eigenvalue weighted by Gasteiger charge is 2.16. The summed E-state index contributed by atoms with van der Waals surface area (Å²) in [6.07, 6.45) is 3.49. The van der Waals surface area contributed by atoms with Gasteiger partial charge in [0.1, 0.15) is 5.58 Å². The Labute approximate surface area is 187 Å². The molecule has 0 saturated carbocycles. The third-order valence-electron chi connectivity index (χ3n) is 5.86. The number of carbonyl (C=O) groups is 1. The summed E-state index contributed by atoms with van der Waals surface area (Å²) < 4.78 is 15.1. The second-order valence-corrected chi connectivity index (χ2v) is 8.00. The number of hydrogen-bond donors (Lipinski definition) is 0. The zero-order chi connectivity index (χ0) is 23.1. The first kappa shape index (κ1) is 20.7. The van der Waals surface area contributed by atoms with Gasteiger partial charge in [0.15, 0.2) is 11.2 Å². The highest BCUT2D eigenvalue weighted by atomic mass is 16.5. The summed E-state index contributed by atoms with van der Waals surface area (Å²) in [6.45, 7) is 0.230. The standard InChI is InChI=1S/C24H22N4O5/c1-26-14-25-22-21(26)23(30)28(24(31)27(22)2)10-5-11-32-19(29)12-16-13-33-18-9-8-15-6-3-4-7-17(15)20(16)18/h3-4,6-9,13-14H,5,10-12H2,1-2H3. The number of benzene rings is 2. The fraction of sp³-hybridized carbons (Fsp3) is 0.250. The summed E-state index contributed by atoms with van der Waals surface area (Å²) in [5.41, 5.74) is 1.32. The molecule has 5 aromatic rings. The number of ether oxygens (including phenoxy) is 1. The molecule has 0 fully saturated rings. The average molecular weight is 446 g/mol. The molecule has 0 aliphatic rings. The molecule has 0 atom stereocenters. The molecule has 0 amide bonds. The number of aryl methyl sites for hydroxylation is 2. The second kappa shape index (κ2) is 8.09. The van der Waals surface area contributed by atoms with Crippen molar-refractivity contribution in [1.82, 2.24) is 18.7 Å². The molecule has 0 radical (unpaired) electrons. The van der Waals surface area contributed by atoms with Gasteiger partial charge >= 0.3 is 11.7 Å². The quantitative estimate of drug-likeness (QED) is 0.293. The van der Waals surface area contributed by atoms with Crippen LogP contribution in [0.4, 0.5) is 0 Å². The van der Waals surface area contributed by atoms with E-state index in [1.54, 1.807) is 24.9 Å². The predicted octanol–water partition coefficient (Wildman–Crippen LogP) is 2.51. The maximum absolute atomic E-state index is 12.7. The van der Waals surface area contributed by atoms with Crippen LogP contribution in [0.5, 0.6) is 0 Å². The highest BCUT2D eigenvalue weighted by molar-refractivity contribution is 6.08. The maximum Gasteiger partial charge on any atom is 0.332 e. The maximum atomic E-state index is 12.7. The molecule has 9 heteroatoms.